The summed E-state index contributed by atoms with van der Waals surface area (Å²) in [6.07, 6.45) is 1.66. The van der Waals surface area contributed by atoms with Gasteiger partial charge in [-0.25, -0.2) is 0 Å². The number of anilines is 1. The fourth-order valence-electron chi connectivity index (χ4n) is 1.83. The Bertz CT molecular complexity index is 738. The van der Waals surface area contributed by atoms with Crippen molar-refractivity contribution in [2.75, 3.05) is 11.9 Å². The molecule has 0 saturated heterocycles. The first-order valence-electron chi connectivity index (χ1n) is 5.51. The third kappa shape index (κ3) is 2.69. The van der Waals surface area contributed by atoms with Crippen LogP contribution in [0.5, 0.6) is 5.75 Å². The van der Waals surface area contributed by atoms with Crippen molar-refractivity contribution in [2.45, 2.75) is 4.90 Å². The second-order valence-corrected chi connectivity index (χ2v) is 5.41. The lowest BCUT2D eigenvalue weighted by molar-refractivity contribution is 0.471. The molecule has 3 N–H and O–H groups in total. The molecule has 2 rings (SSSR count). The van der Waals surface area contributed by atoms with Gasteiger partial charge in [-0.15, -0.1) is 6.58 Å². The molecule has 100 valence electrons. The smallest absolute Gasteiger partial charge is 0.294 e. The second-order valence-electron chi connectivity index (χ2n) is 3.99. The van der Waals surface area contributed by atoms with Gasteiger partial charge in [0.25, 0.3) is 10.1 Å². The Morgan fingerprint density at radius 3 is 2.63 bits per heavy atom. The summed E-state index contributed by atoms with van der Waals surface area (Å²) in [6.45, 7) is 4.08. The van der Waals surface area contributed by atoms with Gasteiger partial charge in [0.05, 0.1) is 4.90 Å². The van der Waals surface area contributed by atoms with Crippen LogP contribution in [0.1, 0.15) is 0 Å². The van der Waals surface area contributed by atoms with Crippen molar-refractivity contribution in [1.82, 2.24) is 0 Å². The normalized spacial score (nSPS) is 11.4. The van der Waals surface area contributed by atoms with Crippen LogP contribution in [0, 0.1) is 0 Å². The predicted molar refractivity (Wildman–Crippen MR) is 74.1 cm³/mol. The fraction of sp³-hybridized carbons (Fsp3) is 0.0769. The first kappa shape index (κ1) is 13.4. The zero-order chi connectivity index (χ0) is 14.0. The molecular formula is C13H13NO4S. The Morgan fingerprint density at radius 2 is 2.00 bits per heavy atom. The summed E-state index contributed by atoms with van der Waals surface area (Å²) in [5.41, 5.74) is 0.651. The van der Waals surface area contributed by atoms with Crippen LogP contribution in [-0.4, -0.2) is 24.6 Å². The molecule has 0 spiro atoms. The van der Waals surface area contributed by atoms with E-state index in [1.165, 1.54) is 6.07 Å². The standard InChI is InChI=1S/C13H13NO4S/c1-2-6-14-12-5-3-4-10-11(12)7-9(8-13(10)15)19(16,17)18/h2-5,7-8,14-15H,1,6H2,(H,16,17,18). The van der Waals surface area contributed by atoms with Crippen molar-refractivity contribution >= 4 is 26.6 Å². The third-order valence-electron chi connectivity index (χ3n) is 2.68. The summed E-state index contributed by atoms with van der Waals surface area (Å²) in [6, 6.07) is 7.49. The van der Waals surface area contributed by atoms with E-state index in [2.05, 4.69) is 11.9 Å². The van der Waals surface area contributed by atoms with Crippen LogP contribution in [0.15, 0.2) is 47.9 Å². The minimum absolute atomic E-state index is 0.202. The first-order valence-corrected chi connectivity index (χ1v) is 6.95. The van der Waals surface area contributed by atoms with Gasteiger partial charge in [-0.05, 0) is 12.1 Å². The van der Waals surface area contributed by atoms with Crippen molar-refractivity contribution in [3.63, 3.8) is 0 Å². The molecule has 5 nitrogen and oxygen atoms in total. The van der Waals surface area contributed by atoms with Gasteiger partial charge in [0.15, 0.2) is 0 Å². The van der Waals surface area contributed by atoms with Crippen LogP contribution < -0.4 is 5.32 Å². The molecule has 0 bridgehead atoms. The van der Waals surface area contributed by atoms with Gasteiger partial charge in [-0.1, -0.05) is 18.2 Å². The van der Waals surface area contributed by atoms with Crippen LogP contribution in [0.25, 0.3) is 10.8 Å². The number of fused-ring (bicyclic) bond motifs is 1. The van der Waals surface area contributed by atoms with Crippen molar-refractivity contribution < 1.29 is 18.1 Å². The van der Waals surface area contributed by atoms with Gasteiger partial charge in [0.1, 0.15) is 5.75 Å². The lowest BCUT2D eigenvalue weighted by atomic mass is 10.1. The topological polar surface area (TPSA) is 86.6 Å². The molecule has 19 heavy (non-hydrogen) atoms. The molecule has 0 heterocycles. The van der Waals surface area contributed by atoms with Crippen molar-refractivity contribution in [3.8, 4) is 5.75 Å². The summed E-state index contributed by atoms with van der Waals surface area (Å²) >= 11 is 0. The molecule has 0 aliphatic carbocycles. The van der Waals surface area contributed by atoms with E-state index < -0.39 is 10.1 Å². The maximum atomic E-state index is 11.2. The number of hydrogen-bond donors (Lipinski definition) is 3. The van der Waals surface area contributed by atoms with Crippen molar-refractivity contribution in [1.29, 1.82) is 0 Å². The van der Waals surface area contributed by atoms with Crippen molar-refractivity contribution in [2.24, 2.45) is 0 Å². The SMILES string of the molecule is C=CCNc1cccc2c(O)cc(S(=O)(=O)O)cc12. The summed E-state index contributed by atoms with van der Waals surface area (Å²) in [7, 11) is -4.36. The lowest BCUT2D eigenvalue weighted by Crippen LogP contribution is -2.01. The second kappa shape index (κ2) is 4.91. The predicted octanol–water partition coefficient (Wildman–Crippen LogP) is 2.39. The Morgan fingerprint density at radius 1 is 1.26 bits per heavy atom. The van der Waals surface area contributed by atoms with Crippen LogP contribution in [0.3, 0.4) is 0 Å². The molecule has 2 aromatic rings. The molecule has 6 heteroatoms. The molecular weight excluding hydrogens is 266 g/mol. The number of phenolic OH excluding ortho intramolecular Hbond substituents is 1. The van der Waals surface area contributed by atoms with Crippen LogP contribution in [0.2, 0.25) is 0 Å². The molecule has 2 aromatic carbocycles. The van der Waals surface area contributed by atoms with E-state index in [4.69, 9.17) is 4.55 Å². The minimum Gasteiger partial charge on any atom is -0.507 e. The van der Waals surface area contributed by atoms with Crippen LogP contribution >= 0.6 is 0 Å². The number of benzene rings is 2. The average Bonchev–Trinajstić information content (AvgIpc) is 2.35. The molecule has 0 fully saturated rings. The summed E-state index contributed by atoms with van der Waals surface area (Å²) < 4.78 is 31.4. The highest BCUT2D eigenvalue weighted by Gasteiger charge is 2.14. The Balaban J connectivity index is 2.72. The number of aromatic hydroxyl groups is 1. The fourth-order valence-corrected chi connectivity index (χ4v) is 2.35. The van der Waals surface area contributed by atoms with Crippen LogP contribution in [-0.2, 0) is 10.1 Å². The monoisotopic (exact) mass is 279 g/mol. The van der Waals surface area contributed by atoms with Crippen LogP contribution in [0.4, 0.5) is 5.69 Å². The highest BCUT2D eigenvalue weighted by Crippen LogP contribution is 2.33. The molecule has 0 atom stereocenters. The van der Waals surface area contributed by atoms with E-state index in [-0.39, 0.29) is 10.6 Å². The highest BCUT2D eigenvalue weighted by atomic mass is 32.2. The van der Waals surface area contributed by atoms with Gasteiger partial charge in [0.2, 0.25) is 0 Å². The Hall–Kier alpha value is -2.05. The maximum absolute atomic E-state index is 11.2. The molecule has 0 aromatic heterocycles. The number of hydrogen-bond acceptors (Lipinski definition) is 4. The number of rotatable bonds is 4. The molecule has 0 saturated carbocycles. The summed E-state index contributed by atoms with van der Waals surface area (Å²) in [5.74, 6) is -0.202. The number of phenols is 1. The first-order chi connectivity index (χ1) is 8.93. The highest BCUT2D eigenvalue weighted by molar-refractivity contribution is 7.85. The van der Waals surface area contributed by atoms with E-state index >= 15 is 0 Å². The molecule has 0 amide bonds. The Kier molecular flexibility index (Phi) is 3.46. The zero-order valence-electron chi connectivity index (χ0n) is 10.00. The lowest BCUT2D eigenvalue weighted by Gasteiger charge is -2.10. The molecule has 0 aliphatic rings. The van der Waals surface area contributed by atoms with Gasteiger partial charge in [0, 0.05) is 29.1 Å². The maximum Gasteiger partial charge on any atom is 0.294 e. The number of nitrogens with one attached hydrogen (secondary N) is 1. The van der Waals surface area contributed by atoms with Gasteiger partial charge < -0.3 is 10.4 Å². The molecule has 0 aliphatic heterocycles. The zero-order valence-corrected chi connectivity index (χ0v) is 10.8. The van der Waals surface area contributed by atoms with E-state index in [1.807, 2.05) is 0 Å². The minimum atomic E-state index is -4.36. The largest absolute Gasteiger partial charge is 0.507 e. The van der Waals surface area contributed by atoms with E-state index in [9.17, 15) is 13.5 Å². The van der Waals surface area contributed by atoms with E-state index in [1.54, 1.807) is 24.3 Å². The average molecular weight is 279 g/mol. The summed E-state index contributed by atoms with van der Waals surface area (Å²) in [4.78, 5) is -0.342. The van der Waals surface area contributed by atoms with E-state index in [0.29, 0.717) is 23.0 Å². The summed E-state index contributed by atoms with van der Waals surface area (Å²) in [5, 5.41) is 13.9. The third-order valence-corrected chi connectivity index (χ3v) is 3.51. The van der Waals surface area contributed by atoms with E-state index in [0.717, 1.165) is 6.07 Å². The van der Waals surface area contributed by atoms with Crippen molar-refractivity contribution in [3.05, 3.63) is 43.0 Å². The van der Waals surface area contributed by atoms with Gasteiger partial charge >= 0.3 is 0 Å². The quantitative estimate of drug-likeness (QED) is 0.591. The molecule has 0 unspecified atom stereocenters. The molecule has 0 radical (unpaired) electrons. The van der Waals surface area contributed by atoms with Gasteiger partial charge in [-0.2, -0.15) is 8.42 Å². The van der Waals surface area contributed by atoms with Gasteiger partial charge in [-0.3, -0.25) is 4.55 Å². The Labute approximate surface area is 110 Å².